The van der Waals surface area contributed by atoms with E-state index in [0.717, 1.165) is 62.5 Å². The summed E-state index contributed by atoms with van der Waals surface area (Å²) < 4.78 is 14.1. The van der Waals surface area contributed by atoms with Crippen LogP contribution in [0.3, 0.4) is 0 Å². The number of aromatic nitrogens is 2. The predicted octanol–water partition coefficient (Wildman–Crippen LogP) is 3.10. The molecule has 4 fully saturated rings. The van der Waals surface area contributed by atoms with Crippen molar-refractivity contribution in [3.63, 3.8) is 0 Å². The third-order valence-electron chi connectivity index (χ3n) is 12.8. The highest BCUT2D eigenvalue weighted by atomic mass is 19.1. The number of urea groups is 1. The Morgan fingerprint density at radius 2 is 1.77 bits per heavy atom. The van der Waals surface area contributed by atoms with Crippen molar-refractivity contribution in [3.8, 4) is 17.0 Å². The number of nitrogens with zero attached hydrogens (tertiary/aromatic N) is 8. The molecule has 7 heterocycles. The number of phenols is 1. The number of piperidine rings is 2. The van der Waals surface area contributed by atoms with Crippen molar-refractivity contribution in [2.24, 2.45) is 5.92 Å². The number of carbonyl (C=O) groups is 4. The van der Waals surface area contributed by atoms with E-state index in [1.54, 1.807) is 11.0 Å². The van der Waals surface area contributed by atoms with Gasteiger partial charge in [-0.1, -0.05) is 12.1 Å². The second-order valence-corrected chi connectivity index (χ2v) is 16.9. The van der Waals surface area contributed by atoms with Gasteiger partial charge in [0.05, 0.1) is 23.0 Å². The van der Waals surface area contributed by atoms with Crippen LogP contribution in [-0.2, 0) is 16.1 Å². The van der Waals surface area contributed by atoms with Gasteiger partial charge in [0.2, 0.25) is 11.8 Å². The molecule has 15 nitrogen and oxygen atoms in total. The van der Waals surface area contributed by atoms with Crippen LogP contribution in [0.2, 0.25) is 0 Å². The maximum Gasteiger partial charge on any atom is 0.320 e. The number of rotatable bonds is 5. The zero-order valence-corrected chi connectivity index (χ0v) is 32.4. The number of amides is 5. The molecule has 5 amide bonds. The van der Waals surface area contributed by atoms with E-state index >= 15 is 0 Å². The molecule has 0 spiro atoms. The standard InChI is InChI=1S/C41H49FN10O5/c1-41(2)24-47(21-25-10-12-48(13-11-25)27-7-6-26-22-51(39(56)30(26)18-27)33-8-9-35(53)44-38(33)55)14-17-52(41)40(57)49-15-16-50-28(23-49)20-43-37-34(50)19-32(45-46-37)29-4-3-5-31(42)36(29)54/h3-7,18-19,25,28,33,54H,8-17,20-24H2,1-2H3,(H,43,46)(H,44,53,55)/t28-,33?/m0/s1. The first-order valence-electron chi connectivity index (χ1n) is 20.1. The Kier molecular flexibility index (Phi) is 9.41. The van der Waals surface area contributed by atoms with Crippen molar-refractivity contribution >= 4 is 40.9 Å². The minimum Gasteiger partial charge on any atom is -0.504 e. The molecule has 2 atom stereocenters. The molecule has 0 aliphatic carbocycles. The minimum atomic E-state index is -0.712. The van der Waals surface area contributed by atoms with Gasteiger partial charge in [0.15, 0.2) is 17.4 Å². The molecule has 3 N–H and O–H groups in total. The molecule has 2 aromatic carbocycles. The molecule has 9 rings (SSSR count). The molecule has 6 aliphatic rings. The van der Waals surface area contributed by atoms with Crippen molar-refractivity contribution in [1.82, 2.24) is 35.1 Å². The van der Waals surface area contributed by atoms with Gasteiger partial charge in [0, 0.05) is 95.2 Å². The normalized spacial score (nSPS) is 23.8. The lowest BCUT2D eigenvalue weighted by atomic mass is 9.93. The molecule has 0 bridgehead atoms. The van der Waals surface area contributed by atoms with E-state index in [2.05, 4.69) is 55.4 Å². The number of nitrogens with one attached hydrogen (secondary N) is 2. The molecule has 3 aromatic rings. The Hall–Kier alpha value is -5.51. The summed E-state index contributed by atoms with van der Waals surface area (Å²) >= 11 is 0. The van der Waals surface area contributed by atoms with E-state index in [9.17, 15) is 28.7 Å². The number of piperazine rings is 2. The van der Waals surface area contributed by atoms with Gasteiger partial charge in [0.25, 0.3) is 5.91 Å². The van der Waals surface area contributed by atoms with Crippen molar-refractivity contribution in [2.75, 3.05) is 80.6 Å². The average molecular weight is 781 g/mol. The van der Waals surface area contributed by atoms with Crippen LogP contribution in [0.15, 0.2) is 42.5 Å². The van der Waals surface area contributed by atoms with Gasteiger partial charge < -0.3 is 34.9 Å². The monoisotopic (exact) mass is 780 g/mol. The van der Waals surface area contributed by atoms with Crippen LogP contribution in [0.4, 0.5) is 26.4 Å². The smallest absolute Gasteiger partial charge is 0.320 e. The molecule has 4 saturated heterocycles. The number of imide groups is 1. The second kappa shape index (κ2) is 14.5. The van der Waals surface area contributed by atoms with Crippen LogP contribution >= 0.6 is 0 Å². The summed E-state index contributed by atoms with van der Waals surface area (Å²) in [5.74, 6) is -0.832. The van der Waals surface area contributed by atoms with Gasteiger partial charge in [-0.3, -0.25) is 24.6 Å². The summed E-state index contributed by atoms with van der Waals surface area (Å²) in [6.45, 7) is 12.1. The number of phenolic OH excluding ortho intramolecular Hbond substituents is 1. The number of benzene rings is 2. The molecule has 0 saturated carbocycles. The summed E-state index contributed by atoms with van der Waals surface area (Å²) in [5, 5.41) is 24.6. The summed E-state index contributed by atoms with van der Waals surface area (Å²) in [6, 6.07) is 11.7. The van der Waals surface area contributed by atoms with Crippen LogP contribution in [0.25, 0.3) is 11.3 Å². The lowest BCUT2D eigenvalue weighted by molar-refractivity contribution is -0.136. The second-order valence-electron chi connectivity index (χ2n) is 16.9. The van der Waals surface area contributed by atoms with Gasteiger partial charge >= 0.3 is 6.03 Å². The van der Waals surface area contributed by atoms with Gasteiger partial charge in [-0.2, -0.15) is 0 Å². The molecule has 1 unspecified atom stereocenters. The Balaban J connectivity index is 0.771. The number of carbonyl (C=O) groups excluding carboxylic acids is 4. The Morgan fingerprint density at radius 1 is 0.947 bits per heavy atom. The van der Waals surface area contributed by atoms with Crippen LogP contribution < -0.4 is 20.4 Å². The molecule has 0 radical (unpaired) electrons. The largest absolute Gasteiger partial charge is 0.504 e. The molecular formula is C41H49FN10O5. The van der Waals surface area contributed by atoms with E-state index in [4.69, 9.17) is 0 Å². The number of aromatic hydroxyl groups is 1. The Bertz CT molecular complexity index is 2120. The summed E-state index contributed by atoms with van der Waals surface area (Å²) in [5.41, 5.74) is 3.73. The van der Waals surface area contributed by atoms with Crippen LogP contribution in [-0.4, -0.2) is 142 Å². The average Bonchev–Trinajstić information content (AvgIpc) is 3.53. The van der Waals surface area contributed by atoms with Crippen molar-refractivity contribution < 1.29 is 28.7 Å². The lowest BCUT2D eigenvalue weighted by Crippen LogP contribution is -2.67. The van der Waals surface area contributed by atoms with Gasteiger partial charge in [-0.25, -0.2) is 9.18 Å². The fourth-order valence-electron chi connectivity index (χ4n) is 9.73. The first kappa shape index (κ1) is 37.1. The van der Waals surface area contributed by atoms with Gasteiger partial charge in [-0.05, 0) is 74.9 Å². The number of hydrogen-bond donors (Lipinski definition) is 3. The lowest BCUT2D eigenvalue weighted by Gasteiger charge is -2.51. The quantitative estimate of drug-likeness (QED) is 0.327. The number of halogens is 1. The van der Waals surface area contributed by atoms with E-state index in [0.29, 0.717) is 68.7 Å². The molecule has 57 heavy (non-hydrogen) atoms. The number of fused-ring (bicyclic) bond motifs is 4. The third-order valence-corrected chi connectivity index (χ3v) is 12.8. The number of anilines is 3. The summed E-state index contributed by atoms with van der Waals surface area (Å²) in [7, 11) is 0. The van der Waals surface area contributed by atoms with Gasteiger partial charge in [0.1, 0.15) is 6.04 Å². The van der Waals surface area contributed by atoms with Crippen LogP contribution in [0.5, 0.6) is 5.75 Å². The van der Waals surface area contributed by atoms with Crippen molar-refractivity contribution in [3.05, 3.63) is 59.4 Å². The SMILES string of the molecule is CC1(C)CN(CC2CCN(c3ccc4c(c3)C(=O)N(C3CCC(=O)NC3=O)C4)CC2)CCN1C(=O)N1CCN2c3cc(-c4cccc(F)c4O)nnc3NC[C@H]2C1. The molecule has 16 heteroatoms. The van der Waals surface area contributed by atoms with E-state index < -0.39 is 23.5 Å². The summed E-state index contributed by atoms with van der Waals surface area (Å²) in [6.07, 6.45) is 2.66. The fourth-order valence-corrected chi connectivity index (χ4v) is 9.73. The molecule has 1 aromatic heterocycles. The summed E-state index contributed by atoms with van der Waals surface area (Å²) in [4.78, 5) is 64.3. The highest BCUT2D eigenvalue weighted by Crippen LogP contribution is 2.38. The third kappa shape index (κ3) is 6.87. The van der Waals surface area contributed by atoms with E-state index in [-0.39, 0.29) is 41.4 Å². The Labute approximate surface area is 330 Å². The van der Waals surface area contributed by atoms with Crippen LogP contribution in [0.1, 0.15) is 55.5 Å². The maximum absolute atomic E-state index is 14.1. The molecular weight excluding hydrogens is 732 g/mol. The van der Waals surface area contributed by atoms with Crippen LogP contribution in [0, 0.1) is 11.7 Å². The van der Waals surface area contributed by atoms with Crippen molar-refractivity contribution in [2.45, 2.75) is 63.7 Å². The first-order chi connectivity index (χ1) is 27.4. The number of hydrogen-bond acceptors (Lipinski definition) is 11. The topological polar surface area (TPSA) is 158 Å². The first-order valence-corrected chi connectivity index (χ1v) is 20.1. The van der Waals surface area contributed by atoms with Gasteiger partial charge in [-0.15, -0.1) is 10.2 Å². The predicted molar refractivity (Wildman–Crippen MR) is 210 cm³/mol. The molecule has 6 aliphatic heterocycles. The van der Waals surface area contributed by atoms with E-state index in [1.165, 1.54) is 12.1 Å². The fraction of sp³-hybridized carbons (Fsp3) is 0.512. The minimum absolute atomic E-state index is 0.0217. The molecule has 300 valence electrons. The van der Waals surface area contributed by atoms with Crippen molar-refractivity contribution in [1.29, 1.82) is 0 Å². The number of para-hydroxylation sites is 1. The highest BCUT2D eigenvalue weighted by Gasteiger charge is 2.43. The highest BCUT2D eigenvalue weighted by molar-refractivity contribution is 6.05. The zero-order valence-electron chi connectivity index (χ0n) is 32.4. The zero-order chi connectivity index (χ0) is 39.6. The maximum atomic E-state index is 14.1. The Morgan fingerprint density at radius 3 is 2.56 bits per heavy atom. The van der Waals surface area contributed by atoms with E-state index in [1.807, 2.05) is 28.0 Å².